The average molecular weight is 383 g/mol. The minimum atomic E-state index is -1.07. The zero-order chi connectivity index (χ0) is 18.7. The Kier molecular flexibility index (Phi) is 5.54. The summed E-state index contributed by atoms with van der Waals surface area (Å²) in [6.45, 7) is 1.98. The molecule has 0 aromatic heterocycles. The average Bonchev–Trinajstić information content (AvgIpc) is 2.87. The number of aliphatic carboxylic acids is 1. The van der Waals surface area contributed by atoms with Gasteiger partial charge in [-0.3, -0.25) is 9.69 Å². The van der Waals surface area contributed by atoms with Gasteiger partial charge in [-0.2, -0.15) is 0 Å². The quantitative estimate of drug-likeness (QED) is 0.627. The number of carboxylic acid groups (broad SMARTS) is 1. The molecule has 0 saturated carbocycles. The first-order valence-corrected chi connectivity index (χ1v) is 9.28. The number of thiocarbonyl (C=S) groups is 1. The van der Waals surface area contributed by atoms with Crippen LogP contribution < -0.4 is 0 Å². The second-order valence-corrected chi connectivity index (χ2v) is 7.69. The molecule has 1 amide bonds. The number of carbonyl (C=O) groups excluding carboxylic acids is 1. The summed E-state index contributed by atoms with van der Waals surface area (Å²) in [7, 11) is 0. The van der Waals surface area contributed by atoms with E-state index in [1.807, 2.05) is 61.5 Å². The fourth-order valence-electron chi connectivity index (χ4n) is 2.79. The van der Waals surface area contributed by atoms with Crippen LogP contribution in [0.5, 0.6) is 0 Å². The van der Waals surface area contributed by atoms with Crippen molar-refractivity contribution in [1.82, 2.24) is 4.90 Å². The molecule has 2 aromatic rings. The highest BCUT2D eigenvalue weighted by atomic mass is 32.2. The lowest BCUT2D eigenvalue weighted by Gasteiger charge is -2.23. The number of benzene rings is 2. The zero-order valence-corrected chi connectivity index (χ0v) is 15.7. The molecule has 1 atom stereocenters. The number of rotatable bonds is 5. The van der Waals surface area contributed by atoms with Gasteiger partial charge in [0.2, 0.25) is 0 Å². The smallest absolute Gasteiger partial charge is 0.327 e. The SMILES string of the molecule is Cc1cccc(/C=C2\SC(=S)N([C@@H](Cc3ccccc3)C(=O)O)C2=O)c1. The monoisotopic (exact) mass is 383 g/mol. The Bertz CT molecular complexity index is 893. The summed E-state index contributed by atoms with van der Waals surface area (Å²) in [5.74, 6) is -1.42. The maximum Gasteiger partial charge on any atom is 0.327 e. The number of hydrogen-bond acceptors (Lipinski definition) is 4. The number of carboxylic acids is 1. The Morgan fingerprint density at radius 1 is 1.23 bits per heavy atom. The van der Waals surface area contributed by atoms with E-state index in [0.29, 0.717) is 4.91 Å². The molecule has 1 N–H and O–H groups in total. The highest BCUT2D eigenvalue weighted by molar-refractivity contribution is 8.26. The lowest BCUT2D eigenvalue weighted by atomic mass is 10.0. The molecular formula is C20H17NO3S2. The summed E-state index contributed by atoms with van der Waals surface area (Å²) in [6, 6.07) is 16.0. The molecule has 1 saturated heterocycles. The van der Waals surface area contributed by atoms with Gasteiger partial charge in [-0.25, -0.2) is 4.79 Å². The van der Waals surface area contributed by atoms with Crippen molar-refractivity contribution < 1.29 is 14.7 Å². The van der Waals surface area contributed by atoms with E-state index in [4.69, 9.17) is 12.2 Å². The van der Waals surface area contributed by atoms with E-state index in [1.165, 1.54) is 4.90 Å². The van der Waals surface area contributed by atoms with Crippen LogP contribution in [-0.2, 0) is 16.0 Å². The summed E-state index contributed by atoms with van der Waals surface area (Å²) in [5.41, 5.74) is 2.82. The summed E-state index contributed by atoms with van der Waals surface area (Å²) in [5, 5.41) is 9.66. The zero-order valence-electron chi connectivity index (χ0n) is 14.1. The van der Waals surface area contributed by atoms with Crippen LogP contribution in [-0.4, -0.2) is 32.2 Å². The van der Waals surface area contributed by atoms with E-state index in [0.717, 1.165) is 28.5 Å². The van der Waals surface area contributed by atoms with Crippen molar-refractivity contribution >= 4 is 46.3 Å². The lowest BCUT2D eigenvalue weighted by Crippen LogP contribution is -2.45. The summed E-state index contributed by atoms with van der Waals surface area (Å²) >= 11 is 6.46. The van der Waals surface area contributed by atoms with Crippen molar-refractivity contribution in [1.29, 1.82) is 0 Å². The standard InChI is InChI=1S/C20H17NO3S2/c1-13-6-5-9-15(10-13)12-17-18(22)21(20(25)26-17)16(19(23)24)11-14-7-3-2-4-8-14/h2-10,12,16H,11H2,1H3,(H,23,24)/b17-12-/t16-/m0/s1. The van der Waals surface area contributed by atoms with Crippen molar-refractivity contribution in [2.75, 3.05) is 0 Å². The number of amides is 1. The Hall–Kier alpha value is -2.44. The van der Waals surface area contributed by atoms with Gasteiger partial charge in [0, 0.05) is 6.42 Å². The summed E-state index contributed by atoms with van der Waals surface area (Å²) in [6.07, 6.45) is 1.97. The van der Waals surface area contributed by atoms with E-state index in [2.05, 4.69) is 0 Å². The van der Waals surface area contributed by atoms with Crippen LogP contribution in [0.15, 0.2) is 59.5 Å². The van der Waals surface area contributed by atoms with Crippen LogP contribution in [0.25, 0.3) is 6.08 Å². The third kappa shape index (κ3) is 4.03. The maximum atomic E-state index is 12.8. The van der Waals surface area contributed by atoms with Crippen LogP contribution in [0.4, 0.5) is 0 Å². The molecule has 1 fully saturated rings. The van der Waals surface area contributed by atoms with Gasteiger partial charge in [0.15, 0.2) is 0 Å². The minimum Gasteiger partial charge on any atom is -0.480 e. The molecular weight excluding hydrogens is 366 g/mol. The molecule has 1 heterocycles. The van der Waals surface area contributed by atoms with Gasteiger partial charge in [-0.15, -0.1) is 0 Å². The number of carbonyl (C=O) groups is 2. The van der Waals surface area contributed by atoms with Gasteiger partial charge in [-0.1, -0.05) is 84.1 Å². The molecule has 26 heavy (non-hydrogen) atoms. The largest absolute Gasteiger partial charge is 0.480 e. The first kappa shape index (κ1) is 18.4. The van der Waals surface area contributed by atoms with Gasteiger partial charge in [0.1, 0.15) is 10.4 Å². The second-order valence-electron chi connectivity index (χ2n) is 6.01. The van der Waals surface area contributed by atoms with Crippen molar-refractivity contribution in [3.05, 3.63) is 76.2 Å². The fraction of sp³-hybridized carbons (Fsp3) is 0.150. The first-order valence-electron chi connectivity index (χ1n) is 8.06. The third-order valence-electron chi connectivity index (χ3n) is 4.03. The fourth-order valence-corrected chi connectivity index (χ4v) is 4.14. The molecule has 6 heteroatoms. The van der Waals surface area contributed by atoms with Crippen LogP contribution in [0, 0.1) is 6.92 Å². The maximum absolute atomic E-state index is 12.8. The van der Waals surface area contributed by atoms with Crippen LogP contribution in [0.1, 0.15) is 16.7 Å². The number of nitrogens with zero attached hydrogens (tertiary/aromatic N) is 1. The van der Waals surface area contributed by atoms with E-state index in [1.54, 1.807) is 6.08 Å². The topological polar surface area (TPSA) is 57.6 Å². The molecule has 4 nitrogen and oxygen atoms in total. The molecule has 0 bridgehead atoms. The van der Waals surface area contributed by atoms with Gasteiger partial charge < -0.3 is 5.11 Å². The second kappa shape index (κ2) is 7.85. The predicted octanol–water partition coefficient (Wildman–Crippen LogP) is 3.89. The minimum absolute atomic E-state index is 0.209. The molecule has 1 aliphatic heterocycles. The van der Waals surface area contributed by atoms with Gasteiger partial charge in [0.05, 0.1) is 4.91 Å². The molecule has 0 aliphatic carbocycles. The Morgan fingerprint density at radius 2 is 1.96 bits per heavy atom. The molecule has 0 spiro atoms. The molecule has 2 aromatic carbocycles. The van der Waals surface area contributed by atoms with E-state index in [9.17, 15) is 14.7 Å². The van der Waals surface area contributed by atoms with Gasteiger partial charge in [0.25, 0.3) is 5.91 Å². The predicted molar refractivity (Wildman–Crippen MR) is 108 cm³/mol. The number of thioether (sulfide) groups is 1. The van der Waals surface area contributed by atoms with E-state index >= 15 is 0 Å². The van der Waals surface area contributed by atoms with Crippen LogP contribution in [0.2, 0.25) is 0 Å². The number of aryl methyl sites for hydroxylation is 1. The van der Waals surface area contributed by atoms with Gasteiger partial charge >= 0.3 is 5.97 Å². The Labute approximate surface area is 161 Å². The lowest BCUT2D eigenvalue weighted by molar-refractivity contribution is -0.145. The van der Waals surface area contributed by atoms with Crippen molar-refractivity contribution in [3.63, 3.8) is 0 Å². The third-order valence-corrected chi connectivity index (χ3v) is 5.36. The first-order chi connectivity index (χ1) is 12.5. The molecule has 132 valence electrons. The molecule has 0 unspecified atom stereocenters. The number of hydrogen-bond donors (Lipinski definition) is 1. The Balaban J connectivity index is 1.88. The highest BCUT2D eigenvalue weighted by Crippen LogP contribution is 2.34. The van der Waals surface area contributed by atoms with Crippen LogP contribution in [0.3, 0.4) is 0 Å². The van der Waals surface area contributed by atoms with Crippen LogP contribution >= 0.6 is 24.0 Å². The van der Waals surface area contributed by atoms with Crippen molar-refractivity contribution in [2.45, 2.75) is 19.4 Å². The highest BCUT2D eigenvalue weighted by Gasteiger charge is 2.40. The van der Waals surface area contributed by atoms with Crippen molar-refractivity contribution in [3.8, 4) is 0 Å². The van der Waals surface area contributed by atoms with Crippen molar-refractivity contribution in [2.24, 2.45) is 0 Å². The van der Waals surface area contributed by atoms with E-state index < -0.39 is 12.0 Å². The molecule has 0 radical (unpaired) electrons. The summed E-state index contributed by atoms with van der Waals surface area (Å²) < 4.78 is 0.275. The van der Waals surface area contributed by atoms with Gasteiger partial charge in [-0.05, 0) is 24.1 Å². The normalized spacial score (nSPS) is 17.0. The molecule has 1 aliphatic rings. The van der Waals surface area contributed by atoms with E-state index in [-0.39, 0.29) is 16.6 Å². The molecule has 3 rings (SSSR count). The summed E-state index contributed by atoms with van der Waals surface area (Å²) in [4.78, 5) is 26.3. The Morgan fingerprint density at radius 3 is 2.62 bits per heavy atom.